The van der Waals surface area contributed by atoms with Crippen molar-refractivity contribution < 1.29 is 0 Å². The van der Waals surface area contributed by atoms with Crippen molar-refractivity contribution in [3.05, 3.63) is 63.6 Å². The van der Waals surface area contributed by atoms with Gasteiger partial charge in [-0.2, -0.15) is 5.10 Å². The molecule has 0 saturated carbocycles. The molecule has 0 radical (unpaired) electrons. The maximum Gasteiger partial charge on any atom is 0.0598 e. The van der Waals surface area contributed by atoms with Crippen molar-refractivity contribution in [2.24, 2.45) is 5.10 Å². The van der Waals surface area contributed by atoms with E-state index in [1.807, 2.05) is 37.3 Å². The highest BCUT2D eigenvalue weighted by molar-refractivity contribution is 6.42. The van der Waals surface area contributed by atoms with Crippen LogP contribution in [0.1, 0.15) is 11.1 Å². The third kappa shape index (κ3) is 3.49. The lowest BCUT2D eigenvalue weighted by atomic mass is 10.2. The first kappa shape index (κ1) is 12.9. The summed E-state index contributed by atoms with van der Waals surface area (Å²) in [6.45, 7) is 2.04. The van der Waals surface area contributed by atoms with Crippen molar-refractivity contribution >= 4 is 35.1 Å². The summed E-state index contributed by atoms with van der Waals surface area (Å²) in [7, 11) is 0. The van der Waals surface area contributed by atoms with Gasteiger partial charge in [0.1, 0.15) is 0 Å². The summed E-state index contributed by atoms with van der Waals surface area (Å²) in [6.07, 6.45) is 1.70. The summed E-state index contributed by atoms with van der Waals surface area (Å²) in [5.74, 6) is 0. The van der Waals surface area contributed by atoms with E-state index in [-0.39, 0.29) is 0 Å². The molecule has 92 valence electrons. The third-order valence-electron chi connectivity index (χ3n) is 2.40. The van der Waals surface area contributed by atoms with E-state index in [0.717, 1.165) is 11.3 Å². The maximum atomic E-state index is 5.91. The second-order valence-corrected chi connectivity index (χ2v) is 4.72. The van der Waals surface area contributed by atoms with Crippen LogP contribution in [0.3, 0.4) is 0 Å². The maximum absolute atomic E-state index is 5.91. The number of nitrogens with zero attached hydrogens (tertiary/aromatic N) is 1. The van der Waals surface area contributed by atoms with Gasteiger partial charge in [-0.05, 0) is 36.8 Å². The van der Waals surface area contributed by atoms with Gasteiger partial charge in [-0.15, -0.1) is 0 Å². The second-order valence-electron chi connectivity index (χ2n) is 3.91. The van der Waals surface area contributed by atoms with E-state index in [2.05, 4.69) is 10.5 Å². The molecule has 0 aliphatic heterocycles. The Morgan fingerprint density at radius 2 is 1.72 bits per heavy atom. The number of nitrogens with one attached hydrogen (secondary N) is 1. The minimum absolute atomic E-state index is 0.524. The van der Waals surface area contributed by atoms with Gasteiger partial charge in [-0.3, -0.25) is 5.43 Å². The highest BCUT2D eigenvalue weighted by atomic mass is 35.5. The molecule has 0 heterocycles. The molecule has 0 fully saturated rings. The van der Waals surface area contributed by atoms with E-state index >= 15 is 0 Å². The molecular formula is C14H12Cl2N2. The van der Waals surface area contributed by atoms with E-state index in [4.69, 9.17) is 23.2 Å². The van der Waals surface area contributed by atoms with Gasteiger partial charge in [0.05, 0.1) is 21.9 Å². The Labute approximate surface area is 116 Å². The standard InChI is InChI=1S/C14H12Cl2N2/c1-10-2-5-12(6-3-10)18-17-9-11-4-7-13(15)14(16)8-11/h2-9,18H,1H3/b17-9+. The summed E-state index contributed by atoms with van der Waals surface area (Å²) in [4.78, 5) is 0. The van der Waals surface area contributed by atoms with Crippen LogP contribution < -0.4 is 5.43 Å². The van der Waals surface area contributed by atoms with E-state index in [0.29, 0.717) is 10.0 Å². The van der Waals surface area contributed by atoms with Crippen LogP contribution in [0.15, 0.2) is 47.6 Å². The molecule has 18 heavy (non-hydrogen) atoms. The third-order valence-corrected chi connectivity index (χ3v) is 3.14. The summed E-state index contributed by atoms with van der Waals surface area (Å²) < 4.78 is 0. The molecule has 0 aliphatic rings. The highest BCUT2D eigenvalue weighted by Gasteiger charge is 1.96. The highest BCUT2D eigenvalue weighted by Crippen LogP contribution is 2.21. The number of rotatable bonds is 3. The van der Waals surface area contributed by atoms with Crippen molar-refractivity contribution in [2.75, 3.05) is 5.43 Å². The monoisotopic (exact) mass is 278 g/mol. The zero-order valence-electron chi connectivity index (χ0n) is 9.82. The first-order valence-electron chi connectivity index (χ1n) is 5.46. The largest absolute Gasteiger partial charge is 0.279 e. The van der Waals surface area contributed by atoms with Crippen LogP contribution in [0.2, 0.25) is 10.0 Å². The number of hydrogen-bond acceptors (Lipinski definition) is 2. The summed E-state index contributed by atoms with van der Waals surface area (Å²) >= 11 is 11.7. The average molecular weight is 279 g/mol. The predicted octanol–water partition coefficient (Wildman–Crippen LogP) is 4.75. The minimum Gasteiger partial charge on any atom is -0.279 e. The predicted molar refractivity (Wildman–Crippen MR) is 78.9 cm³/mol. The Morgan fingerprint density at radius 1 is 1.00 bits per heavy atom. The Kier molecular flexibility index (Phi) is 4.24. The number of aryl methyl sites for hydroxylation is 1. The Balaban J connectivity index is 2.02. The Morgan fingerprint density at radius 3 is 2.39 bits per heavy atom. The Hall–Kier alpha value is -1.51. The molecular weight excluding hydrogens is 267 g/mol. The number of hydrogen-bond donors (Lipinski definition) is 1. The van der Waals surface area contributed by atoms with Gasteiger partial charge in [0.15, 0.2) is 0 Å². The lowest BCUT2D eigenvalue weighted by Gasteiger charge is -2.01. The van der Waals surface area contributed by atoms with Crippen molar-refractivity contribution in [3.8, 4) is 0 Å². The van der Waals surface area contributed by atoms with Crippen LogP contribution in [-0.2, 0) is 0 Å². The molecule has 0 atom stereocenters. The van der Waals surface area contributed by atoms with Crippen LogP contribution in [0.5, 0.6) is 0 Å². The van der Waals surface area contributed by atoms with E-state index in [9.17, 15) is 0 Å². The fourth-order valence-corrected chi connectivity index (χ4v) is 1.71. The molecule has 0 spiro atoms. The molecule has 4 heteroatoms. The zero-order chi connectivity index (χ0) is 13.0. The van der Waals surface area contributed by atoms with Crippen LogP contribution in [-0.4, -0.2) is 6.21 Å². The topological polar surface area (TPSA) is 24.4 Å². The van der Waals surface area contributed by atoms with E-state index < -0.39 is 0 Å². The van der Waals surface area contributed by atoms with Crippen molar-refractivity contribution in [1.82, 2.24) is 0 Å². The van der Waals surface area contributed by atoms with Gasteiger partial charge in [-0.1, -0.05) is 47.0 Å². The van der Waals surface area contributed by atoms with Gasteiger partial charge in [0, 0.05) is 0 Å². The minimum atomic E-state index is 0.524. The summed E-state index contributed by atoms with van der Waals surface area (Å²) in [5.41, 5.74) is 6.00. The van der Waals surface area contributed by atoms with Crippen LogP contribution in [0.4, 0.5) is 5.69 Å². The van der Waals surface area contributed by atoms with Gasteiger partial charge < -0.3 is 0 Å². The van der Waals surface area contributed by atoms with Crippen molar-refractivity contribution in [3.63, 3.8) is 0 Å². The van der Waals surface area contributed by atoms with Gasteiger partial charge in [0.2, 0.25) is 0 Å². The van der Waals surface area contributed by atoms with Gasteiger partial charge in [0.25, 0.3) is 0 Å². The van der Waals surface area contributed by atoms with Crippen molar-refractivity contribution in [2.45, 2.75) is 6.92 Å². The number of anilines is 1. The lowest BCUT2D eigenvalue weighted by molar-refractivity contribution is 1.34. The quantitative estimate of drug-likeness (QED) is 0.636. The van der Waals surface area contributed by atoms with Crippen LogP contribution in [0, 0.1) is 6.92 Å². The van der Waals surface area contributed by atoms with Crippen molar-refractivity contribution in [1.29, 1.82) is 0 Å². The Bertz CT molecular complexity index is 563. The zero-order valence-corrected chi connectivity index (χ0v) is 11.3. The molecule has 2 aromatic rings. The normalized spacial score (nSPS) is 10.8. The number of hydrazone groups is 1. The van der Waals surface area contributed by atoms with Crippen LogP contribution >= 0.6 is 23.2 Å². The molecule has 1 N–H and O–H groups in total. The molecule has 0 saturated heterocycles. The van der Waals surface area contributed by atoms with E-state index in [1.54, 1.807) is 18.3 Å². The fourth-order valence-electron chi connectivity index (χ4n) is 1.40. The molecule has 2 rings (SSSR count). The molecule has 0 bridgehead atoms. The lowest BCUT2D eigenvalue weighted by Crippen LogP contribution is -1.90. The first-order valence-corrected chi connectivity index (χ1v) is 6.21. The van der Waals surface area contributed by atoms with Gasteiger partial charge in [-0.25, -0.2) is 0 Å². The summed E-state index contributed by atoms with van der Waals surface area (Å²) in [6, 6.07) is 13.4. The fraction of sp³-hybridized carbons (Fsp3) is 0.0714. The smallest absolute Gasteiger partial charge is 0.0598 e. The molecule has 0 unspecified atom stereocenters. The summed E-state index contributed by atoms with van der Waals surface area (Å²) in [5, 5.41) is 5.20. The molecule has 0 amide bonds. The number of halogens is 2. The van der Waals surface area contributed by atoms with E-state index in [1.165, 1.54) is 5.56 Å². The second kappa shape index (κ2) is 5.89. The molecule has 2 aromatic carbocycles. The van der Waals surface area contributed by atoms with Gasteiger partial charge >= 0.3 is 0 Å². The average Bonchev–Trinajstić information content (AvgIpc) is 2.36. The molecule has 0 aromatic heterocycles. The SMILES string of the molecule is Cc1ccc(N/N=C/c2ccc(Cl)c(Cl)c2)cc1. The number of benzene rings is 2. The van der Waals surface area contributed by atoms with Crippen LogP contribution in [0.25, 0.3) is 0 Å². The molecule has 0 aliphatic carbocycles. The molecule has 2 nitrogen and oxygen atoms in total. The first-order chi connectivity index (χ1) is 8.65.